The number of fused-ring (bicyclic) bond motifs is 3. The molecule has 2 aromatic carbocycles. The molecule has 0 unspecified atom stereocenters. The molecule has 3 aromatic rings. The second-order valence-electron chi connectivity index (χ2n) is 5.47. The molecule has 1 aromatic heterocycles. The summed E-state index contributed by atoms with van der Waals surface area (Å²) in [5, 5.41) is 9.45. The zero-order valence-electron chi connectivity index (χ0n) is 12.9. The zero-order chi connectivity index (χ0) is 15.2. The third-order valence-electron chi connectivity index (χ3n) is 3.99. The van der Waals surface area contributed by atoms with Crippen molar-refractivity contribution in [2.75, 3.05) is 32.7 Å². The summed E-state index contributed by atoms with van der Waals surface area (Å²) in [5.41, 5.74) is 8.08. The Morgan fingerprint density at radius 3 is 1.86 bits per heavy atom. The molecule has 4 heteroatoms. The molecule has 0 bridgehead atoms. The number of benzene rings is 2. The van der Waals surface area contributed by atoms with Crippen LogP contribution in [-0.4, -0.2) is 37.3 Å². The Morgan fingerprint density at radius 1 is 0.727 bits per heavy atom. The van der Waals surface area contributed by atoms with Crippen LogP contribution in [0.15, 0.2) is 48.5 Å². The molecule has 0 aliphatic rings. The number of aromatic nitrogens is 1. The molecular formula is C18H24N4. The van der Waals surface area contributed by atoms with E-state index in [1.54, 1.807) is 0 Å². The van der Waals surface area contributed by atoms with Gasteiger partial charge < -0.3 is 20.9 Å². The molecule has 0 fully saturated rings. The summed E-state index contributed by atoms with van der Waals surface area (Å²) in [6.07, 6.45) is 0. The third kappa shape index (κ3) is 3.14. The maximum atomic E-state index is 5.45. The average molecular weight is 296 g/mol. The number of nitrogens with zero attached hydrogens (tertiary/aromatic N) is 1. The van der Waals surface area contributed by atoms with Crippen LogP contribution in [0, 0.1) is 0 Å². The number of para-hydroxylation sites is 2. The number of nitrogens with one attached hydrogen (secondary N) is 2. The van der Waals surface area contributed by atoms with Gasteiger partial charge in [-0.05, 0) is 12.1 Å². The predicted octanol–water partition coefficient (Wildman–Crippen LogP) is 1.93. The van der Waals surface area contributed by atoms with E-state index in [-0.39, 0.29) is 0 Å². The molecular weight excluding hydrogens is 272 g/mol. The predicted molar refractivity (Wildman–Crippen MR) is 94.2 cm³/mol. The number of rotatable bonds is 8. The Balaban J connectivity index is 1.70. The monoisotopic (exact) mass is 296 g/mol. The van der Waals surface area contributed by atoms with Crippen molar-refractivity contribution in [2.24, 2.45) is 5.73 Å². The lowest BCUT2D eigenvalue weighted by atomic mass is 10.2. The van der Waals surface area contributed by atoms with Crippen LogP contribution in [0.2, 0.25) is 0 Å². The molecule has 0 saturated heterocycles. The molecule has 0 saturated carbocycles. The van der Waals surface area contributed by atoms with Crippen LogP contribution in [0.1, 0.15) is 0 Å². The van der Waals surface area contributed by atoms with Crippen LogP contribution in [0.25, 0.3) is 21.8 Å². The van der Waals surface area contributed by atoms with E-state index in [0.717, 1.165) is 32.7 Å². The fourth-order valence-corrected chi connectivity index (χ4v) is 2.96. The minimum Gasteiger partial charge on any atom is -0.339 e. The topological polar surface area (TPSA) is 55.0 Å². The molecule has 3 rings (SSSR count). The van der Waals surface area contributed by atoms with Crippen LogP contribution in [0.3, 0.4) is 0 Å². The maximum Gasteiger partial charge on any atom is 0.0491 e. The fourth-order valence-electron chi connectivity index (χ4n) is 2.96. The van der Waals surface area contributed by atoms with E-state index in [1.165, 1.54) is 21.8 Å². The summed E-state index contributed by atoms with van der Waals surface area (Å²) in [6, 6.07) is 17.3. The van der Waals surface area contributed by atoms with Crippen molar-refractivity contribution in [1.82, 2.24) is 15.2 Å². The van der Waals surface area contributed by atoms with E-state index in [0.29, 0.717) is 6.54 Å². The minimum atomic E-state index is 0.696. The van der Waals surface area contributed by atoms with Crippen molar-refractivity contribution in [3.8, 4) is 0 Å². The largest absolute Gasteiger partial charge is 0.339 e. The van der Waals surface area contributed by atoms with Gasteiger partial charge in [0.25, 0.3) is 0 Å². The third-order valence-corrected chi connectivity index (χ3v) is 3.99. The van der Waals surface area contributed by atoms with Gasteiger partial charge in [0.1, 0.15) is 0 Å². The summed E-state index contributed by atoms with van der Waals surface area (Å²) >= 11 is 0. The van der Waals surface area contributed by atoms with E-state index in [9.17, 15) is 0 Å². The average Bonchev–Trinajstić information content (AvgIpc) is 2.89. The summed E-state index contributed by atoms with van der Waals surface area (Å²) in [7, 11) is 0. The Labute approximate surface area is 131 Å². The number of nitrogens with two attached hydrogens (primary N) is 1. The maximum absolute atomic E-state index is 5.45. The SMILES string of the molecule is NCCNCCNCCn1c2ccccc2c2ccccc21. The molecule has 0 amide bonds. The quantitative estimate of drug-likeness (QED) is 0.557. The first-order valence-electron chi connectivity index (χ1n) is 7.99. The Bertz CT molecular complexity index is 679. The van der Waals surface area contributed by atoms with Crippen molar-refractivity contribution in [3.05, 3.63) is 48.5 Å². The van der Waals surface area contributed by atoms with E-state index in [4.69, 9.17) is 5.73 Å². The molecule has 4 N–H and O–H groups in total. The highest BCUT2D eigenvalue weighted by Gasteiger charge is 2.08. The van der Waals surface area contributed by atoms with Crippen molar-refractivity contribution >= 4 is 21.8 Å². The molecule has 116 valence electrons. The lowest BCUT2D eigenvalue weighted by molar-refractivity contribution is 0.584. The molecule has 0 aliphatic heterocycles. The van der Waals surface area contributed by atoms with Gasteiger partial charge in [0.2, 0.25) is 0 Å². The van der Waals surface area contributed by atoms with Gasteiger partial charge in [0.15, 0.2) is 0 Å². The van der Waals surface area contributed by atoms with Crippen LogP contribution in [0.4, 0.5) is 0 Å². The van der Waals surface area contributed by atoms with E-state index in [2.05, 4.69) is 63.7 Å². The summed E-state index contributed by atoms with van der Waals surface area (Å²) in [5.74, 6) is 0. The first-order chi connectivity index (χ1) is 10.9. The van der Waals surface area contributed by atoms with E-state index >= 15 is 0 Å². The number of hydrogen-bond acceptors (Lipinski definition) is 3. The van der Waals surface area contributed by atoms with Gasteiger partial charge in [-0.25, -0.2) is 0 Å². The normalized spacial score (nSPS) is 11.5. The van der Waals surface area contributed by atoms with Gasteiger partial charge in [0.05, 0.1) is 0 Å². The Kier molecular flexibility index (Phi) is 5.06. The molecule has 4 nitrogen and oxygen atoms in total. The van der Waals surface area contributed by atoms with Crippen LogP contribution < -0.4 is 16.4 Å². The van der Waals surface area contributed by atoms with Crippen LogP contribution in [-0.2, 0) is 6.54 Å². The van der Waals surface area contributed by atoms with E-state index < -0.39 is 0 Å². The highest BCUT2D eigenvalue weighted by Crippen LogP contribution is 2.28. The minimum absolute atomic E-state index is 0.696. The van der Waals surface area contributed by atoms with Crippen molar-refractivity contribution < 1.29 is 0 Å². The molecule has 22 heavy (non-hydrogen) atoms. The van der Waals surface area contributed by atoms with Gasteiger partial charge in [-0.3, -0.25) is 0 Å². The first kappa shape index (κ1) is 15.0. The lowest BCUT2D eigenvalue weighted by Crippen LogP contribution is -2.32. The van der Waals surface area contributed by atoms with Crippen LogP contribution >= 0.6 is 0 Å². The smallest absolute Gasteiger partial charge is 0.0491 e. The van der Waals surface area contributed by atoms with Gasteiger partial charge >= 0.3 is 0 Å². The standard InChI is InChI=1S/C18H24N4/c19-9-10-20-11-12-21-13-14-22-17-7-3-1-5-15(17)16-6-2-4-8-18(16)22/h1-8,20-21H,9-14,19H2. The first-order valence-corrected chi connectivity index (χ1v) is 7.99. The van der Waals surface area contributed by atoms with Crippen LogP contribution in [0.5, 0.6) is 0 Å². The van der Waals surface area contributed by atoms with Gasteiger partial charge in [-0.1, -0.05) is 36.4 Å². The molecule has 1 heterocycles. The van der Waals surface area contributed by atoms with Gasteiger partial charge in [-0.2, -0.15) is 0 Å². The van der Waals surface area contributed by atoms with E-state index in [1.807, 2.05) is 0 Å². The van der Waals surface area contributed by atoms with Crippen molar-refractivity contribution in [2.45, 2.75) is 6.54 Å². The zero-order valence-corrected chi connectivity index (χ0v) is 12.9. The van der Waals surface area contributed by atoms with Gasteiger partial charge in [-0.15, -0.1) is 0 Å². The molecule has 0 aliphatic carbocycles. The number of hydrogen-bond donors (Lipinski definition) is 3. The second-order valence-corrected chi connectivity index (χ2v) is 5.47. The molecule has 0 spiro atoms. The fraction of sp³-hybridized carbons (Fsp3) is 0.333. The summed E-state index contributed by atoms with van der Waals surface area (Å²) in [4.78, 5) is 0. The summed E-state index contributed by atoms with van der Waals surface area (Å²) < 4.78 is 2.41. The summed E-state index contributed by atoms with van der Waals surface area (Å²) in [6.45, 7) is 5.45. The molecule has 0 atom stereocenters. The lowest BCUT2D eigenvalue weighted by Gasteiger charge is -2.09. The van der Waals surface area contributed by atoms with Crippen molar-refractivity contribution in [1.29, 1.82) is 0 Å². The van der Waals surface area contributed by atoms with Crippen molar-refractivity contribution in [3.63, 3.8) is 0 Å². The second kappa shape index (κ2) is 7.40. The Hall–Kier alpha value is -1.88. The highest BCUT2D eigenvalue weighted by molar-refractivity contribution is 6.07. The van der Waals surface area contributed by atoms with Gasteiger partial charge in [0, 0.05) is 61.1 Å². The highest BCUT2D eigenvalue weighted by atomic mass is 15.0. The Morgan fingerprint density at radius 2 is 1.27 bits per heavy atom. The molecule has 0 radical (unpaired) electrons.